The minimum absolute atomic E-state index is 0.276. The van der Waals surface area contributed by atoms with Gasteiger partial charge in [0.05, 0.1) is 6.21 Å². The van der Waals surface area contributed by atoms with Crippen molar-refractivity contribution < 1.29 is 4.79 Å². The van der Waals surface area contributed by atoms with Gasteiger partial charge in [0.15, 0.2) is 0 Å². The number of likely N-dealkylation sites (tertiary alicyclic amines) is 1. The van der Waals surface area contributed by atoms with Crippen molar-refractivity contribution in [2.24, 2.45) is 5.10 Å². The van der Waals surface area contributed by atoms with Crippen LogP contribution in [0.2, 0.25) is 0 Å². The maximum absolute atomic E-state index is 12.0. The first-order valence-electron chi connectivity index (χ1n) is 8.57. The Hall–Kier alpha value is -2.73. The van der Waals surface area contributed by atoms with E-state index in [9.17, 15) is 4.79 Å². The number of hydrogen-bond donors (Lipinski definition) is 2. The van der Waals surface area contributed by atoms with E-state index in [0.717, 1.165) is 36.4 Å². The number of hydrazone groups is 1. The number of carbonyl (C=O) groups is 1. The van der Waals surface area contributed by atoms with E-state index in [-0.39, 0.29) is 5.91 Å². The van der Waals surface area contributed by atoms with E-state index in [0.29, 0.717) is 5.56 Å². The van der Waals surface area contributed by atoms with Crippen molar-refractivity contribution in [2.75, 3.05) is 18.8 Å². The van der Waals surface area contributed by atoms with Gasteiger partial charge in [-0.05, 0) is 43.6 Å². The van der Waals surface area contributed by atoms with Gasteiger partial charge in [-0.2, -0.15) is 5.10 Å². The molecule has 1 aliphatic heterocycles. The Bertz CT molecular complexity index is 739. The standard InChI is InChI=1S/C19H23N5O/c20-18-16(13-22-23-19(25)15-7-9-21-10-8-15)5-4-6-17(18)14-24-11-2-1-3-12-24/h4-10,13H,1-3,11-12,14,20H2,(H,23,25)/b22-13+. The van der Waals surface area contributed by atoms with Gasteiger partial charge < -0.3 is 5.73 Å². The van der Waals surface area contributed by atoms with Gasteiger partial charge in [0.2, 0.25) is 0 Å². The van der Waals surface area contributed by atoms with Gasteiger partial charge in [0, 0.05) is 35.8 Å². The van der Waals surface area contributed by atoms with Crippen LogP contribution in [0.4, 0.5) is 5.69 Å². The lowest BCUT2D eigenvalue weighted by Crippen LogP contribution is -2.29. The molecule has 2 heterocycles. The summed E-state index contributed by atoms with van der Waals surface area (Å²) in [5.41, 5.74) is 11.9. The topological polar surface area (TPSA) is 83.6 Å². The summed E-state index contributed by atoms with van der Waals surface area (Å²) in [6.45, 7) is 3.11. The molecule has 0 radical (unpaired) electrons. The lowest BCUT2D eigenvalue weighted by molar-refractivity contribution is 0.0955. The van der Waals surface area contributed by atoms with E-state index >= 15 is 0 Å². The van der Waals surface area contributed by atoms with Gasteiger partial charge in [-0.1, -0.05) is 24.6 Å². The van der Waals surface area contributed by atoms with Crippen LogP contribution in [0.3, 0.4) is 0 Å². The number of benzene rings is 1. The lowest BCUT2D eigenvalue weighted by atomic mass is 10.1. The monoisotopic (exact) mass is 337 g/mol. The summed E-state index contributed by atoms with van der Waals surface area (Å²) >= 11 is 0. The van der Waals surface area contributed by atoms with E-state index in [2.05, 4.69) is 26.5 Å². The Morgan fingerprint density at radius 2 is 1.96 bits per heavy atom. The molecule has 3 N–H and O–H groups in total. The highest BCUT2D eigenvalue weighted by Gasteiger charge is 2.12. The van der Waals surface area contributed by atoms with Gasteiger partial charge in [-0.15, -0.1) is 0 Å². The van der Waals surface area contributed by atoms with Crippen LogP contribution in [0.15, 0.2) is 47.8 Å². The first-order valence-corrected chi connectivity index (χ1v) is 8.57. The van der Waals surface area contributed by atoms with Gasteiger partial charge >= 0.3 is 0 Å². The number of nitrogens with zero attached hydrogens (tertiary/aromatic N) is 3. The number of aromatic nitrogens is 1. The molecule has 3 rings (SSSR count). The summed E-state index contributed by atoms with van der Waals surface area (Å²) in [4.78, 5) is 18.3. The largest absolute Gasteiger partial charge is 0.398 e. The maximum atomic E-state index is 12.0. The molecule has 6 nitrogen and oxygen atoms in total. The number of carbonyl (C=O) groups excluding carboxylic acids is 1. The molecule has 1 aliphatic rings. The summed E-state index contributed by atoms with van der Waals surface area (Å²) < 4.78 is 0. The van der Waals surface area contributed by atoms with Crippen LogP contribution in [-0.2, 0) is 6.54 Å². The minimum atomic E-state index is -0.276. The number of pyridine rings is 1. The highest BCUT2D eigenvalue weighted by Crippen LogP contribution is 2.20. The Labute approximate surface area is 147 Å². The van der Waals surface area contributed by atoms with Crippen LogP contribution in [0.1, 0.15) is 40.7 Å². The zero-order valence-corrected chi connectivity index (χ0v) is 14.2. The number of nitrogens with one attached hydrogen (secondary N) is 1. The molecule has 130 valence electrons. The lowest BCUT2D eigenvalue weighted by Gasteiger charge is -2.27. The fourth-order valence-electron chi connectivity index (χ4n) is 2.97. The van der Waals surface area contributed by atoms with E-state index in [4.69, 9.17) is 5.73 Å². The summed E-state index contributed by atoms with van der Waals surface area (Å²) in [7, 11) is 0. The van der Waals surface area contributed by atoms with E-state index < -0.39 is 0 Å². The Balaban J connectivity index is 1.64. The van der Waals surface area contributed by atoms with Crippen molar-refractivity contribution in [2.45, 2.75) is 25.8 Å². The maximum Gasteiger partial charge on any atom is 0.271 e. The molecule has 0 aliphatic carbocycles. The molecule has 6 heteroatoms. The number of para-hydroxylation sites is 1. The Morgan fingerprint density at radius 1 is 1.20 bits per heavy atom. The molecular formula is C19H23N5O. The number of nitrogen functional groups attached to an aromatic ring is 1. The number of rotatable bonds is 5. The average molecular weight is 337 g/mol. The van der Waals surface area contributed by atoms with Crippen molar-refractivity contribution in [3.63, 3.8) is 0 Å². The number of anilines is 1. The number of nitrogens with two attached hydrogens (primary N) is 1. The first-order chi connectivity index (χ1) is 12.2. The normalized spacial score (nSPS) is 15.4. The van der Waals surface area contributed by atoms with Crippen LogP contribution in [-0.4, -0.2) is 35.1 Å². The second kappa shape index (κ2) is 8.39. The average Bonchev–Trinajstić information content (AvgIpc) is 2.66. The summed E-state index contributed by atoms with van der Waals surface area (Å²) in [6.07, 6.45) is 8.55. The van der Waals surface area contributed by atoms with Crippen molar-refractivity contribution in [3.05, 3.63) is 59.4 Å². The van der Waals surface area contributed by atoms with Crippen LogP contribution < -0.4 is 11.2 Å². The molecule has 1 amide bonds. The predicted molar refractivity (Wildman–Crippen MR) is 99.3 cm³/mol. The van der Waals surface area contributed by atoms with Gasteiger partial charge in [-0.3, -0.25) is 14.7 Å². The summed E-state index contributed by atoms with van der Waals surface area (Å²) in [5, 5.41) is 4.03. The molecule has 25 heavy (non-hydrogen) atoms. The van der Waals surface area contributed by atoms with Crippen LogP contribution in [0.5, 0.6) is 0 Å². The third-order valence-corrected chi connectivity index (χ3v) is 4.39. The molecule has 0 spiro atoms. The Kier molecular flexibility index (Phi) is 5.74. The van der Waals surface area contributed by atoms with Gasteiger partial charge in [0.25, 0.3) is 5.91 Å². The van der Waals surface area contributed by atoms with E-state index in [1.54, 1.807) is 30.7 Å². The predicted octanol–water partition coefficient (Wildman–Crippen LogP) is 2.41. The third-order valence-electron chi connectivity index (χ3n) is 4.39. The number of hydrogen-bond acceptors (Lipinski definition) is 5. The fraction of sp³-hybridized carbons (Fsp3) is 0.316. The highest BCUT2D eigenvalue weighted by molar-refractivity contribution is 5.95. The molecule has 2 aromatic rings. The first kappa shape index (κ1) is 17.1. The van der Waals surface area contributed by atoms with Crippen molar-refractivity contribution in [1.29, 1.82) is 0 Å². The number of piperidine rings is 1. The van der Waals surface area contributed by atoms with E-state index in [1.807, 2.05) is 12.1 Å². The molecule has 0 bridgehead atoms. The minimum Gasteiger partial charge on any atom is -0.398 e. The van der Waals surface area contributed by atoms with Gasteiger partial charge in [-0.25, -0.2) is 5.43 Å². The second-order valence-electron chi connectivity index (χ2n) is 6.19. The van der Waals surface area contributed by atoms with Crippen LogP contribution in [0.25, 0.3) is 0 Å². The fourth-order valence-corrected chi connectivity index (χ4v) is 2.97. The van der Waals surface area contributed by atoms with Crippen LogP contribution >= 0.6 is 0 Å². The molecule has 1 fully saturated rings. The van der Waals surface area contributed by atoms with Gasteiger partial charge in [0.1, 0.15) is 0 Å². The highest BCUT2D eigenvalue weighted by atomic mass is 16.2. The van der Waals surface area contributed by atoms with Crippen molar-refractivity contribution in [1.82, 2.24) is 15.3 Å². The van der Waals surface area contributed by atoms with E-state index in [1.165, 1.54) is 19.3 Å². The third kappa shape index (κ3) is 4.64. The molecule has 1 aromatic carbocycles. The zero-order chi connectivity index (χ0) is 17.5. The van der Waals surface area contributed by atoms with Crippen molar-refractivity contribution in [3.8, 4) is 0 Å². The molecule has 0 unspecified atom stereocenters. The molecular weight excluding hydrogens is 314 g/mol. The zero-order valence-electron chi connectivity index (χ0n) is 14.2. The molecule has 1 aromatic heterocycles. The number of amides is 1. The molecule has 0 atom stereocenters. The summed E-state index contributed by atoms with van der Waals surface area (Å²) in [5.74, 6) is -0.276. The second-order valence-corrected chi connectivity index (χ2v) is 6.19. The quantitative estimate of drug-likeness (QED) is 0.498. The Morgan fingerprint density at radius 3 is 2.72 bits per heavy atom. The smallest absolute Gasteiger partial charge is 0.271 e. The SMILES string of the molecule is Nc1c(/C=N/NC(=O)c2ccncc2)cccc1CN1CCCCC1. The van der Waals surface area contributed by atoms with Crippen LogP contribution in [0, 0.1) is 0 Å². The molecule has 1 saturated heterocycles. The molecule has 0 saturated carbocycles. The van der Waals surface area contributed by atoms with Crippen molar-refractivity contribution >= 4 is 17.8 Å². The summed E-state index contributed by atoms with van der Waals surface area (Å²) in [6, 6.07) is 9.20.